The molecule has 2 nitrogen and oxygen atoms in total. The maximum Gasteiger partial charge on any atom is 0.179 e. The number of pyridine rings is 2. The molecule has 202 valence electrons. The number of hydrogen-bond acceptors (Lipinski definition) is 2. The number of benzene rings is 6. The Bertz CT molecular complexity index is 2100. The molecular weight excluding hydrogens is 537 g/mol. The second-order valence-corrected chi connectivity index (χ2v) is 14.8. The van der Waals surface area contributed by atoms with Crippen molar-refractivity contribution in [3.63, 3.8) is 0 Å². The Hall–Kier alpha value is -5.38. The summed E-state index contributed by atoms with van der Waals surface area (Å²) in [5.74, 6) is 0. The lowest BCUT2D eigenvalue weighted by molar-refractivity contribution is 1.40. The fourth-order valence-corrected chi connectivity index (χ4v) is 11.5. The molecule has 0 saturated carbocycles. The predicted molar refractivity (Wildman–Crippen MR) is 184 cm³/mol. The van der Waals surface area contributed by atoms with Gasteiger partial charge in [0.15, 0.2) is 8.07 Å². The number of nitrogens with zero attached hydrogens (tertiary/aromatic N) is 2. The van der Waals surface area contributed by atoms with E-state index in [4.69, 9.17) is 9.97 Å². The van der Waals surface area contributed by atoms with Crippen molar-refractivity contribution in [3.8, 4) is 11.3 Å². The minimum absolute atomic E-state index is 0.972. The molecule has 0 atom stereocenters. The van der Waals surface area contributed by atoms with Gasteiger partial charge >= 0.3 is 0 Å². The Morgan fingerprint density at radius 3 is 1.47 bits per heavy atom. The Morgan fingerprint density at radius 1 is 0.372 bits per heavy atom. The minimum atomic E-state index is -2.63. The zero-order valence-corrected chi connectivity index (χ0v) is 24.6. The lowest BCUT2D eigenvalue weighted by Gasteiger charge is -2.34. The van der Waals surface area contributed by atoms with E-state index in [9.17, 15) is 0 Å². The maximum atomic E-state index is 5.35. The molecule has 0 bridgehead atoms. The highest BCUT2D eigenvalue weighted by atomic mass is 28.3. The molecule has 0 N–H and O–H groups in total. The van der Waals surface area contributed by atoms with Crippen molar-refractivity contribution in [2.24, 2.45) is 0 Å². The van der Waals surface area contributed by atoms with Gasteiger partial charge < -0.3 is 0 Å². The normalized spacial score (nSPS) is 11.7. The summed E-state index contributed by atoms with van der Waals surface area (Å²) in [6.07, 6.45) is 1.87. The van der Waals surface area contributed by atoms with Crippen LogP contribution in [0.25, 0.3) is 43.8 Å². The van der Waals surface area contributed by atoms with Gasteiger partial charge in [-0.2, -0.15) is 0 Å². The standard InChI is InChI=1S/C40H28N2Si/c1-4-15-30(16-5-1)43(31-17-6-2-7-18-31,32-19-8-3-9-20-32)33-21-12-14-29(28-33)38-26-25-37-35-24-13-27-41-39(35)34-22-10-11-23-36(34)40(37)42-38/h1-28H. The van der Waals surface area contributed by atoms with Crippen molar-refractivity contribution in [1.29, 1.82) is 0 Å². The first-order valence-electron chi connectivity index (χ1n) is 14.7. The van der Waals surface area contributed by atoms with Gasteiger partial charge in [-0.3, -0.25) is 4.98 Å². The number of hydrogen-bond donors (Lipinski definition) is 0. The summed E-state index contributed by atoms with van der Waals surface area (Å²) in [4.78, 5) is 10.1. The second-order valence-electron chi connectivity index (χ2n) is 11.0. The Kier molecular flexibility index (Phi) is 6.17. The molecule has 8 rings (SSSR count). The summed E-state index contributed by atoms with van der Waals surface area (Å²) < 4.78 is 0. The van der Waals surface area contributed by atoms with E-state index in [-0.39, 0.29) is 0 Å². The zero-order valence-electron chi connectivity index (χ0n) is 23.6. The lowest BCUT2D eigenvalue weighted by Crippen LogP contribution is -2.74. The molecule has 2 heterocycles. The summed E-state index contributed by atoms with van der Waals surface area (Å²) >= 11 is 0. The van der Waals surface area contributed by atoms with Gasteiger partial charge in [-0.15, -0.1) is 0 Å². The smallest absolute Gasteiger partial charge is 0.179 e. The summed E-state index contributed by atoms with van der Waals surface area (Å²) in [5, 5.41) is 9.94. The predicted octanol–water partition coefficient (Wildman–Crippen LogP) is 6.98. The van der Waals surface area contributed by atoms with Gasteiger partial charge in [0.2, 0.25) is 0 Å². The van der Waals surface area contributed by atoms with Crippen molar-refractivity contribution in [2.75, 3.05) is 0 Å². The monoisotopic (exact) mass is 564 g/mol. The van der Waals surface area contributed by atoms with Gasteiger partial charge in [0, 0.05) is 33.3 Å². The van der Waals surface area contributed by atoms with Gasteiger partial charge in [-0.25, -0.2) is 4.98 Å². The fraction of sp³-hybridized carbons (Fsp3) is 0. The highest BCUT2D eigenvalue weighted by Crippen LogP contribution is 2.34. The number of fused-ring (bicyclic) bond motifs is 6. The summed E-state index contributed by atoms with van der Waals surface area (Å²) in [7, 11) is -2.63. The SMILES string of the molecule is c1ccc([Si](c2ccccc2)(c2ccccc2)c2cccc(-c3ccc4c5cccnc5c5ccccc5c4n3)c2)cc1. The lowest BCUT2D eigenvalue weighted by atomic mass is 9.99. The third-order valence-corrected chi connectivity index (χ3v) is 13.4. The van der Waals surface area contributed by atoms with Gasteiger partial charge in [0.1, 0.15) is 0 Å². The molecule has 3 heteroatoms. The van der Waals surface area contributed by atoms with Gasteiger partial charge in [-0.1, -0.05) is 146 Å². The molecule has 8 aromatic rings. The summed E-state index contributed by atoms with van der Waals surface area (Å²) in [6, 6.07) is 59.3. The Morgan fingerprint density at radius 2 is 0.860 bits per heavy atom. The Labute approximate surface area is 252 Å². The highest BCUT2D eigenvalue weighted by Gasteiger charge is 2.41. The first-order valence-corrected chi connectivity index (χ1v) is 16.7. The Balaban J connectivity index is 1.40. The van der Waals surface area contributed by atoms with Gasteiger partial charge in [0.05, 0.1) is 16.7 Å². The molecule has 0 radical (unpaired) electrons. The molecule has 0 unspecified atom stereocenters. The summed E-state index contributed by atoms with van der Waals surface area (Å²) in [5.41, 5.74) is 4.12. The van der Waals surface area contributed by atoms with Crippen LogP contribution in [0.4, 0.5) is 0 Å². The molecular formula is C40H28N2Si. The van der Waals surface area contributed by atoms with Crippen LogP contribution in [-0.4, -0.2) is 18.0 Å². The van der Waals surface area contributed by atoms with Crippen LogP contribution in [0.2, 0.25) is 0 Å². The van der Waals surface area contributed by atoms with Gasteiger partial charge in [0.25, 0.3) is 0 Å². The van der Waals surface area contributed by atoms with E-state index >= 15 is 0 Å². The third kappa shape index (κ3) is 4.09. The largest absolute Gasteiger partial charge is 0.256 e. The number of rotatable bonds is 5. The van der Waals surface area contributed by atoms with Crippen molar-refractivity contribution >= 4 is 61.4 Å². The van der Waals surface area contributed by atoms with Crippen molar-refractivity contribution < 1.29 is 0 Å². The van der Waals surface area contributed by atoms with Gasteiger partial charge in [-0.05, 0) is 38.9 Å². The highest BCUT2D eigenvalue weighted by molar-refractivity contribution is 7.19. The van der Waals surface area contributed by atoms with E-state index in [2.05, 4.69) is 158 Å². The van der Waals surface area contributed by atoms with Crippen LogP contribution in [0.5, 0.6) is 0 Å². The molecule has 43 heavy (non-hydrogen) atoms. The first-order chi connectivity index (χ1) is 21.3. The van der Waals surface area contributed by atoms with E-state index < -0.39 is 8.07 Å². The summed E-state index contributed by atoms with van der Waals surface area (Å²) in [6.45, 7) is 0. The fourth-order valence-electron chi connectivity index (χ4n) is 6.75. The van der Waals surface area contributed by atoms with Crippen LogP contribution < -0.4 is 20.7 Å². The van der Waals surface area contributed by atoms with E-state index in [0.717, 1.165) is 43.8 Å². The van der Waals surface area contributed by atoms with Crippen molar-refractivity contribution in [2.45, 2.75) is 0 Å². The van der Waals surface area contributed by atoms with Crippen LogP contribution in [0, 0.1) is 0 Å². The average Bonchev–Trinajstić information content (AvgIpc) is 3.10. The van der Waals surface area contributed by atoms with Crippen LogP contribution in [0.15, 0.2) is 170 Å². The molecule has 0 saturated heterocycles. The first kappa shape index (κ1) is 25.3. The molecule has 0 amide bonds. The topological polar surface area (TPSA) is 25.8 Å². The van der Waals surface area contributed by atoms with Crippen LogP contribution in [0.3, 0.4) is 0 Å². The third-order valence-electron chi connectivity index (χ3n) is 8.64. The molecule has 0 fully saturated rings. The molecule has 2 aromatic heterocycles. The van der Waals surface area contributed by atoms with Crippen LogP contribution in [-0.2, 0) is 0 Å². The molecule has 6 aromatic carbocycles. The molecule has 0 aliphatic heterocycles. The quantitative estimate of drug-likeness (QED) is 0.128. The second kappa shape index (κ2) is 10.5. The van der Waals surface area contributed by atoms with Crippen LogP contribution in [0.1, 0.15) is 0 Å². The number of aromatic nitrogens is 2. The van der Waals surface area contributed by atoms with E-state index in [1.807, 2.05) is 12.3 Å². The molecule has 0 aliphatic carbocycles. The van der Waals surface area contributed by atoms with Crippen molar-refractivity contribution in [1.82, 2.24) is 9.97 Å². The average molecular weight is 565 g/mol. The van der Waals surface area contributed by atoms with E-state index in [0.29, 0.717) is 0 Å². The minimum Gasteiger partial charge on any atom is -0.256 e. The molecule has 0 aliphatic rings. The molecule has 0 spiro atoms. The zero-order chi connectivity index (χ0) is 28.6. The van der Waals surface area contributed by atoms with Crippen molar-refractivity contribution in [3.05, 3.63) is 170 Å². The van der Waals surface area contributed by atoms with Crippen LogP contribution >= 0.6 is 0 Å². The maximum absolute atomic E-state index is 5.35. The van der Waals surface area contributed by atoms with E-state index in [1.54, 1.807) is 0 Å². The van der Waals surface area contributed by atoms with E-state index in [1.165, 1.54) is 20.7 Å².